The summed E-state index contributed by atoms with van der Waals surface area (Å²) in [6, 6.07) is 0. The Morgan fingerprint density at radius 1 is 1.50 bits per heavy atom. The minimum absolute atomic E-state index is 0. The third-order valence-electron chi connectivity index (χ3n) is 0.144. The van der Waals surface area contributed by atoms with Gasteiger partial charge in [-0.25, -0.2) is 0 Å². The summed E-state index contributed by atoms with van der Waals surface area (Å²) in [5.41, 5.74) is 0. The van der Waals surface area contributed by atoms with Crippen LogP contribution in [0.1, 0.15) is 1.43 Å². The van der Waals surface area contributed by atoms with Crippen LogP contribution in [-0.2, 0) is 42.5 Å². The van der Waals surface area contributed by atoms with Gasteiger partial charge in [-0.05, 0) is 0 Å². The van der Waals surface area contributed by atoms with E-state index in [-0.39, 0.29) is 48.1 Å². The van der Waals surface area contributed by atoms with E-state index in [9.17, 15) is 12.6 Å². The van der Waals surface area contributed by atoms with E-state index in [0.29, 0.717) is 0 Å². The van der Waals surface area contributed by atoms with Crippen LogP contribution in [0.5, 0.6) is 0 Å². The normalized spacial score (nSPS) is 12.6. The van der Waals surface area contributed by atoms with Gasteiger partial charge in [-0.2, -0.15) is 12.6 Å². The molecular weight excluding hydrogens is 238 g/mol. The zero-order chi connectivity index (χ0) is 6.78. The molecule has 0 heterocycles. The SMILES string of the molecule is O=S(O)OS(=O)(=O)O.[H-].[Mn].[Na+]. The van der Waals surface area contributed by atoms with Gasteiger partial charge in [-0.1, -0.05) is 0 Å². The first kappa shape index (κ1) is 17.5. The molecule has 10 heteroatoms. The monoisotopic (exact) mass is 241 g/mol. The molecule has 0 aromatic heterocycles. The van der Waals surface area contributed by atoms with E-state index < -0.39 is 21.8 Å². The van der Waals surface area contributed by atoms with Crippen LogP contribution >= 0.6 is 0 Å². The second kappa shape index (κ2) is 7.16. The van der Waals surface area contributed by atoms with Crippen LogP contribution in [0.25, 0.3) is 0 Å². The van der Waals surface area contributed by atoms with Crippen molar-refractivity contribution in [3.05, 3.63) is 0 Å². The zero-order valence-electron chi connectivity index (χ0n) is 5.72. The van der Waals surface area contributed by atoms with Gasteiger partial charge in [-0.3, -0.25) is 9.11 Å². The molecule has 0 fully saturated rings. The van der Waals surface area contributed by atoms with Gasteiger partial charge in [0.15, 0.2) is 0 Å². The fourth-order valence-electron chi connectivity index (χ4n) is 0.0736. The molecule has 0 saturated carbocycles. The second-order valence-corrected chi connectivity index (χ2v) is 2.55. The minimum Gasteiger partial charge on any atom is -1.00 e. The molecule has 0 saturated heterocycles. The van der Waals surface area contributed by atoms with Crippen LogP contribution in [0.4, 0.5) is 0 Å². The molecule has 1 atom stereocenters. The largest absolute Gasteiger partial charge is 1.00 e. The van der Waals surface area contributed by atoms with Gasteiger partial charge >= 0.3 is 51.3 Å². The number of hydrogen-bond donors (Lipinski definition) is 2. The summed E-state index contributed by atoms with van der Waals surface area (Å²) in [7, 11) is -4.77. The Labute approximate surface area is 94.4 Å². The molecule has 0 aliphatic rings. The molecule has 1 unspecified atom stereocenters. The van der Waals surface area contributed by atoms with Gasteiger partial charge < -0.3 is 1.43 Å². The van der Waals surface area contributed by atoms with E-state index in [1.165, 1.54) is 0 Å². The average Bonchev–Trinajstić information content (AvgIpc) is 1.21. The summed E-state index contributed by atoms with van der Waals surface area (Å²) < 4.78 is 46.4. The second-order valence-electron chi connectivity index (χ2n) is 0.713. The first-order valence-corrected chi connectivity index (χ1v) is 3.60. The zero-order valence-corrected chi connectivity index (χ0v) is 9.54. The Bertz CT molecular complexity index is 187. The maximum absolute atomic E-state index is 9.42. The predicted octanol–water partition coefficient (Wildman–Crippen LogP) is -3.94. The molecule has 0 rings (SSSR count). The van der Waals surface area contributed by atoms with E-state index in [4.69, 9.17) is 9.11 Å². The van der Waals surface area contributed by atoms with Crippen molar-refractivity contribution < 1.29 is 73.4 Å². The van der Waals surface area contributed by atoms with Crippen LogP contribution in [0.3, 0.4) is 0 Å². The molecule has 0 amide bonds. The van der Waals surface area contributed by atoms with Gasteiger partial charge in [0.05, 0.1) is 0 Å². The van der Waals surface area contributed by atoms with Crippen LogP contribution in [0, 0.1) is 0 Å². The van der Waals surface area contributed by atoms with Crippen LogP contribution in [0.2, 0.25) is 0 Å². The van der Waals surface area contributed by atoms with Gasteiger partial charge in [0, 0.05) is 17.1 Å². The maximum atomic E-state index is 9.42. The molecule has 6 nitrogen and oxygen atoms in total. The molecule has 10 heavy (non-hydrogen) atoms. The molecule has 0 aromatic carbocycles. The molecule has 59 valence electrons. The molecule has 1 radical (unpaired) electrons. The average molecular weight is 241 g/mol. The van der Waals surface area contributed by atoms with Crippen molar-refractivity contribution in [2.45, 2.75) is 0 Å². The van der Waals surface area contributed by atoms with E-state index in [1.54, 1.807) is 0 Å². The fourth-order valence-corrected chi connectivity index (χ4v) is 0.662. The predicted molar refractivity (Wildman–Crippen MR) is 24.5 cm³/mol. The van der Waals surface area contributed by atoms with Crippen LogP contribution in [-0.4, -0.2) is 21.7 Å². The van der Waals surface area contributed by atoms with Gasteiger partial charge in [0.2, 0.25) is 0 Å². The van der Waals surface area contributed by atoms with Crippen molar-refractivity contribution in [2.24, 2.45) is 0 Å². The molecule has 0 spiro atoms. The van der Waals surface area contributed by atoms with Gasteiger partial charge in [-0.15, -0.1) is 3.63 Å². The molecule has 0 bridgehead atoms. The van der Waals surface area contributed by atoms with Gasteiger partial charge in [0.25, 0.3) is 0 Å². The Hall–Kier alpha value is 1.50. The van der Waals surface area contributed by atoms with Crippen molar-refractivity contribution in [2.75, 3.05) is 0 Å². The summed E-state index contributed by atoms with van der Waals surface area (Å²) in [5, 5.41) is 0. The third-order valence-corrected chi connectivity index (χ3v) is 1.30. The fraction of sp³-hybridized carbons (Fsp3) is 0. The van der Waals surface area contributed by atoms with E-state index in [0.717, 1.165) is 0 Å². The summed E-state index contributed by atoms with van der Waals surface area (Å²) in [4.78, 5) is 0. The standard InChI is InChI=1S/Mn.Na.H2O6S2.H/c;;1-7(2)6-8(3,4)5;/h;;(H,1,2)(H,3,4,5);/q;+1;;-1. The van der Waals surface area contributed by atoms with E-state index in [1.807, 2.05) is 0 Å². The van der Waals surface area contributed by atoms with Crippen molar-refractivity contribution in [3.63, 3.8) is 0 Å². The Morgan fingerprint density at radius 2 is 1.80 bits per heavy atom. The van der Waals surface area contributed by atoms with Crippen LogP contribution < -0.4 is 29.6 Å². The van der Waals surface area contributed by atoms with Crippen molar-refractivity contribution in [3.8, 4) is 0 Å². The summed E-state index contributed by atoms with van der Waals surface area (Å²) in [5.74, 6) is 0. The van der Waals surface area contributed by atoms with Crippen LogP contribution in [0.15, 0.2) is 0 Å². The van der Waals surface area contributed by atoms with Crippen molar-refractivity contribution in [1.29, 1.82) is 0 Å². The molecule has 2 N–H and O–H groups in total. The maximum Gasteiger partial charge on any atom is 1.00 e. The molecule has 0 aliphatic carbocycles. The molecular formula is H3MnNaO6S2. The smallest absolute Gasteiger partial charge is 1.00 e. The summed E-state index contributed by atoms with van der Waals surface area (Å²) in [6.45, 7) is 0. The molecule has 0 aromatic rings. The van der Waals surface area contributed by atoms with Crippen molar-refractivity contribution >= 4 is 21.8 Å². The summed E-state index contributed by atoms with van der Waals surface area (Å²) in [6.07, 6.45) is 0. The Kier molecular flexibility index (Phi) is 12.6. The summed E-state index contributed by atoms with van der Waals surface area (Å²) >= 11 is -2.97. The van der Waals surface area contributed by atoms with E-state index >= 15 is 0 Å². The minimum atomic E-state index is -4.77. The van der Waals surface area contributed by atoms with Crippen molar-refractivity contribution in [1.82, 2.24) is 0 Å². The first-order valence-electron chi connectivity index (χ1n) is 1.20. The van der Waals surface area contributed by atoms with E-state index in [2.05, 4.69) is 3.63 Å². The van der Waals surface area contributed by atoms with Gasteiger partial charge in [0.1, 0.15) is 0 Å². The number of rotatable bonds is 2. The molecule has 0 aliphatic heterocycles. The topological polar surface area (TPSA) is 101 Å². The first-order chi connectivity index (χ1) is 3.42. The Morgan fingerprint density at radius 3 is 1.80 bits per heavy atom. The Balaban J connectivity index is -0.0000000817. The number of hydrogen-bond acceptors (Lipinski definition) is 4. The third kappa shape index (κ3) is 16.2. The quantitative estimate of drug-likeness (QED) is 0.291.